The summed E-state index contributed by atoms with van der Waals surface area (Å²) in [5.74, 6) is -0.480. The third-order valence-corrected chi connectivity index (χ3v) is 3.09. The van der Waals surface area contributed by atoms with Crippen molar-refractivity contribution in [1.82, 2.24) is 0 Å². The highest BCUT2D eigenvalue weighted by atomic mass is 35.5. The van der Waals surface area contributed by atoms with Crippen molar-refractivity contribution in [3.05, 3.63) is 28.8 Å². The first-order valence-electron chi connectivity index (χ1n) is 5.48. The van der Waals surface area contributed by atoms with E-state index in [0.717, 1.165) is 6.07 Å². The van der Waals surface area contributed by atoms with Gasteiger partial charge in [0.05, 0.1) is 5.02 Å². The summed E-state index contributed by atoms with van der Waals surface area (Å²) in [5.41, 5.74) is 5.86. The van der Waals surface area contributed by atoms with Gasteiger partial charge < -0.3 is 15.6 Å². The maximum Gasteiger partial charge on any atom is 0.573 e. The Kier molecular flexibility index (Phi) is 6.61. The lowest BCUT2D eigenvalue weighted by Gasteiger charge is -2.30. The molecule has 0 heterocycles. The minimum atomic E-state index is -4.79. The van der Waals surface area contributed by atoms with Crippen LogP contribution >= 0.6 is 24.0 Å². The summed E-state index contributed by atoms with van der Waals surface area (Å²) in [6.45, 7) is 3.32. The third-order valence-electron chi connectivity index (χ3n) is 2.79. The van der Waals surface area contributed by atoms with Gasteiger partial charge in [0.1, 0.15) is 5.75 Å². The van der Waals surface area contributed by atoms with Gasteiger partial charge in [-0.15, -0.1) is 25.6 Å². The predicted octanol–water partition coefficient (Wildman–Crippen LogP) is 3.68. The molecule has 0 saturated heterocycles. The Balaban J connectivity index is 0.00000361. The fourth-order valence-corrected chi connectivity index (χ4v) is 1.70. The summed E-state index contributed by atoms with van der Waals surface area (Å²) >= 11 is 5.73. The Morgan fingerprint density at radius 2 is 1.90 bits per heavy atom. The number of rotatable bonds is 4. The zero-order valence-corrected chi connectivity index (χ0v) is 12.4. The molecular formula is C12H16Cl2F3NO2. The number of halogens is 5. The fourth-order valence-electron chi connectivity index (χ4n) is 1.47. The largest absolute Gasteiger partial charge is 0.573 e. The van der Waals surface area contributed by atoms with Crippen LogP contribution in [0.2, 0.25) is 5.02 Å². The molecule has 0 unspecified atom stereocenters. The van der Waals surface area contributed by atoms with Crippen LogP contribution in [0, 0.1) is 5.41 Å². The van der Waals surface area contributed by atoms with Crippen LogP contribution < -0.4 is 10.5 Å². The Hall–Kier alpha value is -0.690. The number of hydrogen-bond donors (Lipinski definition) is 2. The summed E-state index contributed by atoms with van der Waals surface area (Å²) in [7, 11) is 0. The molecule has 1 aromatic carbocycles. The second kappa shape index (κ2) is 6.85. The van der Waals surface area contributed by atoms with Crippen molar-refractivity contribution < 1.29 is 23.0 Å². The van der Waals surface area contributed by atoms with Crippen molar-refractivity contribution in [3.63, 3.8) is 0 Å². The quantitative estimate of drug-likeness (QED) is 0.883. The molecule has 1 atom stereocenters. The molecule has 1 aromatic rings. The highest BCUT2D eigenvalue weighted by Gasteiger charge is 2.33. The van der Waals surface area contributed by atoms with Gasteiger partial charge in [-0.1, -0.05) is 31.5 Å². The number of hydrogen-bond acceptors (Lipinski definition) is 3. The van der Waals surface area contributed by atoms with Crippen molar-refractivity contribution in [2.45, 2.75) is 26.3 Å². The van der Waals surface area contributed by atoms with Crippen molar-refractivity contribution in [3.8, 4) is 5.75 Å². The topological polar surface area (TPSA) is 55.5 Å². The monoisotopic (exact) mass is 333 g/mol. The average Bonchev–Trinajstić information content (AvgIpc) is 2.29. The number of benzene rings is 1. The summed E-state index contributed by atoms with van der Waals surface area (Å²) in [6, 6.07) is 3.26. The van der Waals surface area contributed by atoms with Gasteiger partial charge in [0.25, 0.3) is 0 Å². The van der Waals surface area contributed by atoms with Gasteiger partial charge in [0, 0.05) is 18.1 Å². The summed E-state index contributed by atoms with van der Waals surface area (Å²) in [6.07, 6.45) is -4.79. The van der Waals surface area contributed by atoms with Crippen molar-refractivity contribution >= 4 is 24.0 Å². The van der Waals surface area contributed by atoms with Crippen LogP contribution in [0.3, 0.4) is 0 Å². The lowest BCUT2D eigenvalue weighted by Crippen LogP contribution is -2.32. The molecule has 0 spiro atoms. The molecule has 0 radical (unpaired) electrons. The molecule has 116 valence electrons. The first-order valence-corrected chi connectivity index (χ1v) is 5.86. The lowest BCUT2D eigenvalue weighted by molar-refractivity contribution is -0.274. The molecular weight excluding hydrogens is 318 g/mol. The molecule has 0 aromatic heterocycles. The molecule has 20 heavy (non-hydrogen) atoms. The van der Waals surface area contributed by atoms with Gasteiger partial charge in [-0.05, 0) is 17.7 Å². The van der Waals surface area contributed by atoms with Gasteiger partial charge in [-0.3, -0.25) is 0 Å². The van der Waals surface area contributed by atoms with Gasteiger partial charge >= 0.3 is 6.36 Å². The second-order valence-electron chi connectivity index (χ2n) is 4.86. The number of aliphatic hydroxyl groups is 1. The van der Waals surface area contributed by atoms with Gasteiger partial charge in [0.2, 0.25) is 0 Å². The molecule has 3 N–H and O–H groups in total. The van der Waals surface area contributed by atoms with E-state index < -0.39 is 23.6 Å². The SMILES string of the molecule is CC(C)(CO)[C@@H](N)c1ccc(OC(F)(F)F)c(Cl)c1.Cl. The molecule has 8 heteroatoms. The molecule has 0 aliphatic heterocycles. The van der Waals surface area contributed by atoms with Crippen LogP contribution in [0.15, 0.2) is 18.2 Å². The van der Waals surface area contributed by atoms with E-state index in [1.54, 1.807) is 13.8 Å². The van der Waals surface area contributed by atoms with Gasteiger partial charge in [-0.2, -0.15) is 0 Å². The molecule has 0 aliphatic rings. The predicted molar refractivity (Wildman–Crippen MR) is 73.2 cm³/mol. The van der Waals surface area contributed by atoms with Crippen LogP contribution in [0.5, 0.6) is 5.75 Å². The Morgan fingerprint density at radius 3 is 2.30 bits per heavy atom. The smallest absolute Gasteiger partial charge is 0.404 e. The van der Waals surface area contributed by atoms with Crippen LogP contribution in [0.4, 0.5) is 13.2 Å². The van der Waals surface area contributed by atoms with Gasteiger partial charge in [0.15, 0.2) is 0 Å². The molecule has 0 aliphatic carbocycles. The summed E-state index contributed by atoms with van der Waals surface area (Å²) in [5, 5.41) is 9.03. The Bertz CT molecular complexity index is 453. The standard InChI is InChI=1S/C12H15ClF3NO2.ClH/c1-11(2,6-18)10(17)7-3-4-9(8(13)5-7)19-12(14,15)16;/h3-5,10,18H,6,17H2,1-2H3;1H/t10-;/m0./s1. The fraction of sp³-hybridized carbons (Fsp3) is 0.500. The molecule has 0 saturated carbocycles. The highest BCUT2D eigenvalue weighted by molar-refractivity contribution is 6.32. The van der Waals surface area contributed by atoms with Crippen LogP contribution in [0.1, 0.15) is 25.5 Å². The first-order chi connectivity index (χ1) is 8.57. The number of alkyl halides is 3. The second-order valence-corrected chi connectivity index (χ2v) is 5.27. The first kappa shape index (κ1) is 19.3. The number of nitrogens with two attached hydrogens (primary N) is 1. The summed E-state index contributed by atoms with van der Waals surface area (Å²) < 4.78 is 40.0. The number of aliphatic hydroxyl groups excluding tert-OH is 1. The normalized spacial score (nSPS) is 13.6. The zero-order chi connectivity index (χ0) is 14.8. The summed E-state index contributed by atoms with van der Waals surface area (Å²) in [4.78, 5) is 0. The van der Waals surface area contributed by atoms with Crippen molar-refractivity contribution in [1.29, 1.82) is 0 Å². The Morgan fingerprint density at radius 1 is 1.35 bits per heavy atom. The average molecular weight is 334 g/mol. The highest BCUT2D eigenvalue weighted by Crippen LogP contribution is 2.36. The van der Waals surface area contributed by atoms with Crippen LogP contribution in [-0.2, 0) is 0 Å². The van der Waals surface area contributed by atoms with Crippen LogP contribution in [0.25, 0.3) is 0 Å². The van der Waals surface area contributed by atoms with E-state index in [2.05, 4.69) is 4.74 Å². The van der Waals surface area contributed by atoms with Crippen molar-refractivity contribution in [2.75, 3.05) is 6.61 Å². The lowest BCUT2D eigenvalue weighted by atomic mass is 9.82. The van der Waals surface area contributed by atoms with Crippen molar-refractivity contribution in [2.24, 2.45) is 11.1 Å². The third kappa shape index (κ3) is 5.01. The molecule has 0 amide bonds. The van der Waals surface area contributed by atoms with E-state index in [-0.39, 0.29) is 24.0 Å². The van der Waals surface area contributed by atoms with E-state index >= 15 is 0 Å². The van der Waals surface area contributed by atoms with E-state index in [4.69, 9.17) is 17.3 Å². The molecule has 0 fully saturated rings. The van der Waals surface area contributed by atoms with Crippen LogP contribution in [-0.4, -0.2) is 18.1 Å². The van der Waals surface area contributed by atoms with E-state index in [0.29, 0.717) is 5.56 Å². The molecule has 3 nitrogen and oxygen atoms in total. The number of ether oxygens (including phenoxy) is 1. The maximum atomic E-state index is 12.1. The van der Waals surface area contributed by atoms with E-state index in [1.165, 1.54) is 12.1 Å². The van der Waals surface area contributed by atoms with E-state index in [9.17, 15) is 18.3 Å². The molecule has 1 rings (SSSR count). The minimum absolute atomic E-state index is 0. The maximum absolute atomic E-state index is 12.1. The molecule has 0 bridgehead atoms. The van der Waals surface area contributed by atoms with Gasteiger partial charge in [-0.25, -0.2) is 0 Å². The zero-order valence-electron chi connectivity index (χ0n) is 10.9. The van der Waals surface area contributed by atoms with E-state index in [1.807, 2.05) is 0 Å². The Labute approximate surface area is 126 Å². The minimum Gasteiger partial charge on any atom is -0.404 e.